The standard InChI is InChI=1S/C21H29N3OS/c1-15-6-2-3-7-17(15)22-20(25)14-24-12-10-16(11-13-24)21-23-18-8-4-5-9-19(18)26-21/h4-5,8-9,15-17H,2-3,6-7,10-14H2,1H3,(H,22,25)/t15-,17+/m0/s1. The molecule has 0 bridgehead atoms. The van der Waals surface area contributed by atoms with Crippen molar-refractivity contribution in [2.45, 2.75) is 57.4 Å². The van der Waals surface area contributed by atoms with Crippen molar-refractivity contribution in [2.24, 2.45) is 5.92 Å². The van der Waals surface area contributed by atoms with E-state index in [1.807, 2.05) is 11.3 Å². The lowest BCUT2D eigenvalue weighted by Crippen LogP contribution is -2.47. The van der Waals surface area contributed by atoms with Gasteiger partial charge >= 0.3 is 0 Å². The average Bonchev–Trinajstić information content (AvgIpc) is 3.08. The lowest BCUT2D eigenvalue weighted by atomic mass is 9.86. The van der Waals surface area contributed by atoms with E-state index < -0.39 is 0 Å². The van der Waals surface area contributed by atoms with Gasteiger partial charge in [-0.05, 0) is 56.8 Å². The van der Waals surface area contributed by atoms with Crippen LogP contribution in [0.3, 0.4) is 0 Å². The van der Waals surface area contributed by atoms with E-state index >= 15 is 0 Å². The number of carbonyl (C=O) groups excluding carboxylic acids is 1. The zero-order valence-corrected chi connectivity index (χ0v) is 16.4. The molecule has 0 spiro atoms. The van der Waals surface area contributed by atoms with Gasteiger partial charge in [0.1, 0.15) is 0 Å². The largest absolute Gasteiger partial charge is 0.352 e. The monoisotopic (exact) mass is 371 g/mol. The molecule has 2 aliphatic rings. The Balaban J connectivity index is 1.27. The quantitative estimate of drug-likeness (QED) is 0.877. The van der Waals surface area contributed by atoms with Gasteiger partial charge in [-0.3, -0.25) is 9.69 Å². The molecule has 140 valence electrons. The summed E-state index contributed by atoms with van der Waals surface area (Å²) in [5.41, 5.74) is 1.12. The molecule has 1 saturated heterocycles. The molecule has 2 atom stereocenters. The summed E-state index contributed by atoms with van der Waals surface area (Å²) >= 11 is 1.83. The highest BCUT2D eigenvalue weighted by atomic mass is 32.1. The Hall–Kier alpha value is -1.46. The van der Waals surface area contributed by atoms with Gasteiger partial charge in [-0.25, -0.2) is 4.98 Å². The molecule has 26 heavy (non-hydrogen) atoms. The topological polar surface area (TPSA) is 45.2 Å². The van der Waals surface area contributed by atoms with Crippen LogP contribution >= 0.6 is 11.3 Å². The van der Waals surface area contributed by atoms with Gasteiger partial charge < -0.3 is 5.32 Å². The summed E-state index contributed by atoms with van der Waals surface area (Å²) in [6.45, 7) is 4.81. The number of thiazole rings is 1. The summed E-state index contributed by atoms with van der Waals surface area (Å²) in [6, 6.07) is 8.78. The highest BCUT2D eigenvalue weighted by Crippen LogP contribution is 2.33. The fourth-order valence-corrected chi connectivity index (χ4v) is 5.53. The van der Waals surface area contributed by atoms with E-state index in [4.69, 9.17) is 4.98 Å². The van der Waals surface area contributed by atoms with E-state index in [2.05, 4.69) is 41.4 Å². The van der Waals surface area contributed by atoms with Gasteiger partial charge in [0.15, 0.2) is 0 Å². The maximum atomic E-state index is 12.4. The van der Waals surface area contributed by atoms with Crippen LogP contribution in [0.2, 0.25) is 0 Å². The first kappa shape index (κ1) is 17.9. The Bertz CT molecular complexity index is 718. The molecule has 0 radical (unpaired) electrons. The Kier molecular flexibility index (Phi) is 5.55. The fraction of sp³-hybridized carbons (Fsp3) is 0.619. The Morgan fingerprint density at radius 2 is 1.96 bits per heavy atom. The second-order valence-corrected chi connectivity index (χ2v) is 9.07. The number of rotatable bonds is 4. The maximum Gasteiger partial charge on any atom is 0.234 e. The SMILES string of the molecule is C[C@H]1CCCC[C@H]1NC(=O)CN1CCC(c2nc3ccccc3s2)CC1. The Morgan fingerprint density at radius 1 is 1.19 bits per heavy atom. The summed E-state index contributed by atoms with van der Waals surface area (Å²) < 4.78 is 1.28. The maximum absolute atomic E-state index is 12.4. The number of fused-ring (bicyclic) bond motifs is 1. The van der Waals surface area contributed by atoms with E-state index in [1.165, 1.54) is 29.0 Å². The van der Waals surface area contributed by atoms with Crippen LogP contribution in [-0.4, -0.2) is 41.5 Å². The van der Waals surface area contributed by atoms with Gasteiger partial charge in [-0.1, -0.05) is 31.9 Å². The van der Waals surface area contributed by atoms with Crippen LogP contribution in [0.4, 0.5) is 0 Å². The van der Waals surface area contributed by atoms with E-state index in [1.54, 1.807) is 0 Å². The predicted molar refractivity (Wildman–Crippen MR) is 108 cm³/mol. The third-order valence-corrected chi connectivity index (χ3v) is 7.27. The molecule has 1 N–H and O–H groups in total. The zero-order valence-electron chi connectivity index (χ0n) is 15.6. The van der Waals surface area contributed by atoms with Gasteiger partial charge in [0, 0.05) is 12.0 Å². The number of carbonyl (C=O) groups is 1. The van der Waals surface area contributed by atoms with Gasteiger partial charge in [0.25, 0.3) is 0 Å². The van der Waals surface area contributed by atoms with Crippen molar-refractivity contribution in [3.63, 3.8) is 0 Å². The van der Waals surface area contributed by atoms with E-state index in [-0.39, 0.29) is 5.91 Å². The smallest absolute Gasteiger partial charge is 0.234 e. The van der Waals surface area contributed by atoms with Crippen molar-refractivity contribution in [2.75, 3.05) is 19.6 Å². The highest BCUT2D eigenvalue weighted by molar-refractivity contribution is 7.18. The van der Waals surface area contributed by atoms with Crippen molar-refractivity contribution in [1.82, 2.24) is 15.2 Å². The van der Waals surface area contributed by atoms with E-state index in [9.17, 15) is 4.79 Å². The molecule has 1 aromatic carbocycles. The fourth-order valence-electron chi connectivity index (χ4n) is 4.39. The van der Waals surface area contributed by atoms with E-state index in [0.717, 1.165) is 37.9 Å². The summed E-state index contributed by atoms with van der Waals surface area (Å²) in [5.74, 6) is 1.38. The molecule has 2 heterocycles. The molecule has 1 saturated carbocycles. The van der Waals surface area contributed by atoms with Crippen LogP contribution in [0.15, 0.2) is 24.3 Å². The number of nitrogens with one attached hydrogen (secondary N) is 1. The number of para-hydroxylation sites is 1. The van der Waals surface area contributed by atoms with Crippen molar-refractivity contribution in [3.8, 4) is 0 Å². The Morgan fingerprint density at radius 3 is 2.73 bits per heavy atom. The number of aromatic nitrogens is 1. The summed E-state index contributed by atoms with van der Waals surface area (Å²) in [6.07, 6.45) is 7.17. The Labute approximate surface area is 160 Å². The molecule has 1 aliphatic heterocycles. The van der Waals surface area contributed by atoms with Crippen LogP contribution in [0.25, 0.3) is 10.2 Å². The van der Waals surface area contributed by atoms with Gasteiger partial charge in [-0.2, -0.15) is 0 Å². The van der Waals surface area contributed by atoms with Crippen molar-refractivity contribution < 1.29 is 4.79 Å². The molecular weight excluding hydrogens is 342 g/mol. The molecule has 2 aromatic rings. The lowest BCUT2D eigenvalue weighted by Gasteiger charge is -2.33. The van der Waals surface area contributed by atoms with Crippen molar-refractivity contribution in [1.29, 1.82) is 0 Å². The minimum absolute atomic E-state index is 0.210. The molecule has 0 unspecified atom stereocenters. The summed E-state index contributed by atoms with van der Waals surface area (Å²) in [5, 5.41) is 4.56. The lowest BCUT2D eigenvalue weighted by molar-refractivity contribution is -0.123. The van der Waals surface area contributed by atoms with Crippen LogP contribution < -0.4 is 5.32 Å². The summed E-state index contributed by atoms with van der Waals surface area (Å²) in [4.78, 5) is 19.6. The number of piperidine rings is 1. The molecule has 1 aliphatic carbocycles. The second kappa shape index (κ2) is 8.05. The second-order valence-electron chi connectivity index (χ2n) is 8.01. The zero-order chi connectivity index (χ0) is 17.9. The number of nitrogens with zero attached hydrogens (tertiary/aromatic N) is 2. The number of amides is 1. The highest BCUT2D eigenvalue weighted by Gasteiger charge is 2.26. The van der Waals surface area contributed by atoms with Crippen LogP contribution in [0, 0.1) is 5.92 Å². The molecular formula is C21H29N3OS. The number of benzene rings is 1. The minimum Gasteiger partial charge on any atom is -0.352 e. The van der Waals surface area contributed by atoms with Gasteiger partial charge in [0.2, 0.25) is 5.91 Å². The van der Waals surface area contributed by atoms with Crippen LogP contribution in [0.5, 0.6) is 0 Å². The number of hydrogen-bond donors (Lipinski definition) is 1. The first-order valence-electron chi connectivity index (χ1n) is 10.1. The van der Waals surface area contributed by atoms with Gasteiger partial charge in [-0.15, -0.1) is 11.3 Å². The molecule has 4 nitrogen and oxygen atoms in total. The molecule has 5 heteroatoms. The number of hydrogen-bond acceptors (Lipinski definition) is 4. The van der Waals surface area contributed by atoms with Crippen molar-refractivity contribution in [3.05, 3.63) is 29.3 Å². The average molecular weight is 372 g/mol. The van der Waals surface area contributed by atoms with Crippen LogP contribution in [0.1, 0.15) is 56.4 Å². The third-order valence-electron chi connectivity index (χ3n) is 6.07. The summed E-state index contributed by atoms with van der Waals surface area (Å²) in [7, 11) is 0. The third kappa shape index (κ3) is 4.09. The first-order valence-corrected chi connectivity index (χ1v) is 10.9. The normalized spacial score (nSPS) is 25.4. The molecule has 4 rings (SSSR count). The number of likely N-dealkylation sites (tertiary alicyclic amines) is 1. The van der Waals surface area contributed by atoms with Gasteiger partial charge in [0.05, 0.1) is 21.8 Å². The van der Waals surface area contributed by atoms with Crippen LogP contribution in [-0.2, 0) is 4.79 Å². The molecule has 1 amide bonds. The molecule has 1 aromatic heterocycles. The predicted octanol–water partition coefficient (Wildman–Crippen LogP) is 4.17. The molecule has 2 fully saturated rings. The first-order chi connectivity index (χ1) is 12.7. The van der Waals surface area contributed by atoms with E-state index in [0.29, 0.717) is 24.4 Å². The minimum atomic E-state index is 0.210. The van der Waals surface area contributed by atoms with Crippen molar-refractivity contribution >= 4 is 27.5 Å².